The number of nitrogens with one attached hydrogen (secondary N) is 1. The van der Waals surface area contributed by atoms with Gasteiger partial charge in [0.1, 0.15) is 5.82 Å². The van der Waals surface area contributed by atoms with Crippen molar-refractivity contribution >= 4 is 34.3 Å². The molecule has 1 aliphatic rings. The highest BCUT2D eigenvalue weighted by molar-refractivity contribution is 7.12. The predicted molar refractivity (Wildman–Crippen MR) is 110 cm³/mol. The van der Waals surface area contributed by atoms with Gasteiger partial charge in [0.15, 0.2) is 0 Å². The predicted octanol–water partition coefficient (Wildman–Crippen LogP) is 4.47. The third-order valence-electron chi connectivity index (χ3n) is 4.71. The van der Waals surface area contributed by atoms with Crippen LogP contribution in [0.15, 0.2) is 66.0 Å². The lowest BCUT2D eigenvalue weighted by Gasteiger charge is -2.37. The molecule has 1 saturated heterocycles. The first-order valence-electron chi connectivity index (χ1n) is 8.90. The first-order chi connectivity index (χ1) is 13.2. The van der Waals surface area contributed by atoms with Gasteiger partial charge in [0.2, 0.25) is 0 Å². The molecule has 3 aromatic rings. The Hall–Kier alpha value is -2.86. The summed E-state index contributed by atoms with van der Waals surface area (Å²) < 4.78 is 14.0. The van der Waals surface area contributed by atoms with Gasteiger partial charge in [-0.2, -0.15) is 0 Å². The second-order valence-corrected chi connectivity index (χ2v) is 7.35. The summed E-state index contributed by atoms with van der Waals surface area (Å²) in [7, 11) is 0. The highest BCUT2D eigenvalue weighted by atomic mass is 32.1. The van der Waals surface area contributed by atoms with Gasteiger partial charge in [-0.25, -0.2) is 4.39 Å². The van der Waals surface area contributed by atoms with Crippen LogP contribution in [0.4, 0.5) is 21.5 Å². The third kappa shape index (κ3) is 3.95. The maximum absolute atomic E-state index is 14.0. The highest BCUT2D eigenvalue weighted by Gasteiger charge is 2.19. The largest absolute Gasteiger partial charge is 0.368 e. The van der Waals surface area contributed by atoms with E-state index in [2.05, 4.69) is 15.1 Å². The van der Waals surface area contributed by atoms with Gasteiger partial charge in [0.05, 0.1) is 10.6 Å². The third-order valence-corrected chi connectivity index (χ3v) is 5.58. The molecule has 27 heavy (non-hydrogen) atoms. The monoisotopic (exact) mass is 381 g/mol. The van der Waals surface area contributed by atoms with Gasteiger partial charge in [-0.1, -0.05) is 18.2 Å². The fraction of sp³-hybridized carbons (Fsp3) is 0.190. The smallest absolute Gasteiger partial charge is 0.265 e. The van der Waals surface area contributed by atoms with Crippen LogP contribution in [0.1, 0.15) is 9.67 Å². The van der Waals surface area contributed by atoms with Crippen LogP contribution in [0.5, 0.6) is 0 Å². The van der Waals surface area contributed by atoms with Crippen molar-refractivity contribution < 1.29 is 9.18 Å². The molecule has 1 fully saturated rings. The molecule has 1 aromatic heterocycles. The lowest BCUT2D eigenvalue weighted by atomic mass is 10.2. The standard InChI is InChI=1S/C21H20FN3OS/c22-18-4-1-2-5-19(18)25-13-11-24(12-14-25)17-9-7-16(8-10-17)23-21(26)20-6-3-15-27-20/h1-10,15H,11-14H2,(H,23,26). The summed E-state index contributed by atoms with van der Waals surface area (Å²) in [5.41, 5.74) is 2.56. The molecular weight excluding hydrogens is 361 g/mol. The molecule has 0 radical (unpaired) electrons. The van der Waals surface area contributed by atoms with E-state index >= 15 is 0 Å². The molecule has 1 amide bonds. The summed E-state index contributed by atoms with van der Waals surface area (Å²) in [5, 5.41) is 4.80. The molecule has 0 spiro atoms. The van der Waals surface area contributed by atoms with E-state index in [1.54, 1.807) is 6.07 Å². The van der Waals surface area contributed by atoms with Crippen LogP contribution in [0.3, 0.4) is 0 Å². The molecule has 0 saturated carbocycles. The minimum Gasteiger partial charge on any atom is -0.368 e. The Morgan fingerprint density at radius 3 is 2.26 bits per heavy atom. The number of hydrogen-bond acceptors (Lipinski definition) is 4. The first-order valence-corrected chi connectivity index (χ1v) is 9.78. The zero-order valence-electron chi connectivity index (χ0n) is 14.8. The van der Waals surface area contributed by atoms with Gasteiger partial charge in [0.25, 0.3) is 5.91 Å². The minimum atomic E-state index is -0.170. The number of thiophene rings is 1. The average Bonchev–Trinajstić information content (AvgIpc) is 3.24. The Kier molecular flexibility index (Phi) is 5.07. The molecule has 0 atom stereocenters. The first kappa shape index (κ1) is 17.5. The van der Waals surface area contributed by atoms with E-state index in [9.17, 15) is 9.18 Å². The quantitative estimate of drug-likeness (QED) is 0.724. The van der Waals surface area contributed by atoms with Crippen LogP contribution < -0.4 is 15.1 Å². The van der Waals surface area contributed by atoms with E-state index in [4.69, 9.17) is 0 Å². The lowest BCUT2D eigenvalue weighted by Crippen LogP contribution is -2.46. The van der Waals surface area contributed by atoms with Crippen molar-refractivity contribution in [3.05, 3.63) is 76.7 Å². The SMILES string of the molecule is O=C(Nc1ccc(N2CCN(c3ccccc3F)CC2)cc1)c1cccs1. The zero-order valence-corrected chi connectivity index (χ0v) is 15.6. The number of halogens is 1. The Morgan fingerprint density at radius 1 is 0.889 bits per heavy atom. The normalized spacial score (nSPS) is 14.3. The number of nitrogens with zero attached hydrogens (tertiary/aromatic N) is 2. The van der Waals surface area contributed by atoms with Crippen molar-refractivity contribution in [3.63, 3.8) is 0 Å². The summed E-state index contributed by atoms with van der Waals surface area (Å²) in [6.07, 6.45) is 0. The average molecular weight is 381 g/mol. The van der Waals surface area contributed by atoms with Crippen LogP contribution >= 0.6 is 11.3 Å². The van der Waals surface area contributed by atoms with Gasteiger partial charge in [-0.3, -0.25) is 4.79 Å². The molecule has 4 nitrogen and oxygen atoms in total. The van der Waals surface area contributed by atoms with Crippen LogP contribution in [0.2, 0.25) is 0 Å². The van der Waals surface area contributed by atoms with Gasteiger partial charge >= 0.3 is 0 Å². The van der Waals surface area contributed by atoms with Crippen LogP contribution in [0.25, 0.3) is 0 Å². The Morgan fingerprint density at radius 2 is 1.59 bits per heavy atom. The number of amides is 1. The molecule has 0 aliphatic carbocycles. The molecule has 1 N–H and O–H groups in total. The summed E-state index contributed by atoms with van der Waals surface area (Å²) in [6, 6.07) is 18.5. The number of benzene rings is 2. The molecular formula is C21H20FN3OS. The lowest BCUT2D eigenvalue weighted by molar-refractivity contribution is 0.103. The van der Waals surface area contributed by atoms with E-state index in [0.29, 0.717) is 10.6 Å². The van der Waals surface area contributed by atoms with Crippen molar-refractivity contribution in [2.45, 2.75) is 0 Å². The summed E-state index contributed by atoms with van der Waals surface area (Å²) >= 11 is 1.42. The molecule has 4 rings (SSSR count). The number of piperazine rings is 1. The van der Waals surface area contributed by atoms with E-state index in [-0.39, 0.29) is 11.7 Å². The number of carbonyl (C=O) groups excluding carboxylic acids is 1. The van der Waals surface area contributed by atoms with Crippen molar-refractivity contribution in [1.29, 1.82) is 0 Å². The van der Waals surface area contributed by atoms with Crippen molar-refractivity contribution in [2.24, 2.45) is 0 Å². The molecule has 6 heteroatoms. The van der Waals surface area contributed by atoms with E-state index in [1.165, 1.54) is 17.4 Å². The van der Waals surface area contributed by atoms with Gasteiger partial charge in [-0.15, -0.1) is 11.3 Å². The fourth-order valence-corrected chi connectivity index (χ4v) is 3.89. The van der Waals surface area contributed by atoms with Crippen molar-refractivity contribution in [3.8, 4) is 0 Å². The molecule has 2 aromatic carbocycles. The molecule has 138 valence electrons. The van der Waals surface area contributed by atoms with Gasteiger partial charge in [-0.05, 0) is 47.8 Å². The summed E-state index contributed by atoms with van der Waals surface area (Å²) in [4.78, 5) is 17.2. The Bertz CT molecular complexity index is 903. The Labute approximate surface area is 161 Å². The molecule has 2 heterocycles. The highest BCUT2D eigenvalue weighted by Crippen LogP contribution is 2.24. The number of carbonyl (C=O) groups is 1. The summed E-state index contributed by atoms with van der Waals surface area (Å²) in [5.74, 6) is -0.256. The van der Waals surface area contributed by atoms with E-state index < -0.39 is 0 Å². The van der Waals surface area contributed by atoms with Crippen LogP contribution in [0, 0.1) is 5.82 Å². The van der Waals surface area contributed by atoms with Gasteiger partial charge in [0, 0.05) is 37.6 Å². The number of anilines is 3. The van der Waals surface area contributed by atoms with Gasteiger partial charge < -0.3 is 15.1 Å². The number of rotatable bonds is 4. The summed E-state index contributed by atoms with van der Waals surface area (Å²) in [6.45, 7) is 3.21. The number of hydrogen-bond donors (Lipinski definition) is 1. The zero-order chi connectivity index (χ0) is 18.6. The second kappa shape index (κ2) is 7.80. The topological polar surface area (TPSA) is 35.6 Å². The van der Waals surface area contributed by atoms with E-state index in [0.717, 1.165) is 37.6 Å². The van der Waals surface area contributed by atoms with Crippen LogP contribution in [-0.4, -0.2) is 32.1 Å². The molecule has 0 bridgehead atoms. The molecule has 1 aliphatic heterocycles. The fourth-order valence-electron chi connectivity index (χ4n) is 3.27. The van der Waals surface area contributed by atoms with Crippen LogP contribution in [-0.2, 0) is 0 Å². The Balaban J connectivity index is 1.36. The molecule has 0 unspecified atom stereocenters. The van der Waals surface area contributed by atoms with Crippen molar-refractivity contribution in [1.82, 2.24) is 0 Å². The maximum atomic E-state index is 14.0. The van der Waals surface area contributed by atoms with Crippen molar-refractivity contribution in [2.75, 3.05) is 41.3 Å². The minimum absolute atomic E-state index is 0.0868. The van der Waals surface area contributed by atoms with E-state index in [1.807, 2.05) is 53.9 Å². The second-order valence-electron chi connectivity index (χ2n) is 6.40. The number of para-hydroxylation sites is 1. The maximum Gasteiger partial charge on any atom is 0.265 e.